The summed E-state index contributed by atoms with van der Waals surface area (Å²) in [6, 6.07) is 0. The minimum Gasteiger partial charge on any atom is -0.463 e. The topological polar surface area (TPSA) is 46.6 Å². The molecule has 0 aromatic carbocycles. The van der Waals surface area contributed by atoms with Crippen LogP contribution >= 0.6 is 11.8 Å². The highest BCUT2D eigenvalue weighted by molar-refractivity contribution is 8.04. The van der Waals surface area contributed by atoms with Crippen molar-refractivity contribution in [3.05, 3.63) is 11.1 Å². The number of hydrogen-bond donors (Lipinski definition) is 0. The molecule has 0 atom stereocenters. The fraction of sp³-hybridized carbons (Fsp3) is 0.636. The highest BCUT2D eigenvalue weighted by atomic mass is 32.2. The molecule has 1 aliphatic heterocycles. The maximum absolute atomic E-state index is 11.6. The van der Waals surface area contributed by atoms with E-state index in [1.807, 2.05) is 13.8 Å². The minimum atomic E-state index is -0.381. The molecule has 0 aromatic heterocycles. The number of carbonyl (C=O) groups is 2. The van der Waals surface area contributed by atoms with Crippen molar-refractivity contribution >= 4 is 23.6 Å². The summed E-state index contributed by atoms with van der Waals surface area (Å²) in [5.74, 6) is 0.480. The van der Waals surface area contributed by atoms with E-state index in [4.69, 9.17) is 4.74 Å². The van der Waals surface area contributed by atoms with Gasteiger partial charge in [0.25, 0.3) is 0 Å². The molecule has 0 aromatic rings. The van der Waals surface area contributed by atoms with E-state index in [0.717, 1.165) is 0 Å². The van der Waals surface area contributed by atoms with Gasteiger partial charge in [0, 0.05) is 6.54 Å². The second-order valence-electron chi connectivity index (χ2n) is 3.92. The summed E-state index contributed by atoms with van der Waals surface area (Å²) in [6.07, 6.45) is 1.40. The third-order valence-corrected chi connectivity index (χ3v) is 3.01. The van der Waals surface area contributed by atoms with Crippen LogP contribution in [0.3, 0.4) is 0 Å². The molecule has 0 N–H and O–H groups in total. The first-order chi connectivity index (χ1) is 7.54. The van der Waals surface area contributed by atoms with Gasteiger partial charge in [-0.15, -0.1) is 0 Å². The summed E-state index contributed by atoms with van der Waals surface area (Å²) >= 11 is 1.39. The van der Waals surface area contributed by atoms with Gasteiger partial charge in [-0.05, 0) is 12.8 Å². The monoisotopic (exact) mass is 243 g/mol. The van der Waals surface area contributed by atoms with Gasteiger partial charge >= 0.3 is 5.97 Å². The molecule has 90 valence electrons. The lowest BCUT2D eigenvalue weighted by molar-refractivity contribution is -0.137. The number of nitrogens with zero attached hydrogens (tertiary/aromatic N) is 1. The standard InChI is InChI=1S/C11H17NO3S/c1-4-15-11(14)5-10-12(6-8(2)3)9(13)7-16-10/h5,8H,4,6-7H2,1-3H3/b10-5-. The van der Waals surface area contributed by atoms with Gasteiger partial charge in [-0.2, -0.15) is 0 Å². The van der Waals surface area contributed by atoms with Crippen LogP contribution in [0.5, 0.6) is 0 Å². The average Bonchev–Trinajstić information content (AvgIpc) is 2.49. The van der Waals surface area contributed by atoms with Crippen molar-refractivity contribution < 1.29 is 14.3 Å². The quantitative estimate of drug-likeness (QED) is 0.556. The molecule has 0 aliphatic carbocycles. The molecule has 0 radical (unpaired) electrons. The van der Waals surface area contributed by atoms with E-state index in [0.29, 0.717) is 29.9 Å². The summed E-state index contributed by atoms with van der Waals surface area (Å²) in [5.41, 5.74) is 0. The number of rotatable bonds is 4. The Morgan fingerprint density at radius 2 is 2.31 bits per heavy atom. The number of hydrogen-bond acceptors (Lipinski definition) is 4. The fourth-order valence-electron chi connectivity index (χ4n) is 1.38. The van der Waals surface area contributed by atoms with Crippen molar-refractivity contribution in [3.8, 4) is 0 Å². The fourth-order valence-corrected chi connectivity index (χ4v) is 2.31. The van der Waals surface area contributed by atoms with Gasteiger partial charge in [0.2, 0.25) is 5.91 Å². The first-order valence-electron chi connectivity index (χ1n) is 5.36. The van der Waals surface area contributed by atoms with Gasteiger partial charge in [-0.3, -0.25) is 4.79 Å². The SMILES string of the molecule is CCOC(=O)/C=C1\SCC(=O)N1CC(C)C. The zero-order valence-electron chi connectivity index (χ0n) is 9.86. The summed E-state index contributed by atoms with van der Waals surface area (Å²) < 4.78 is 4.83. The molecule has 1 saturated heterocycles. The lowest BCUT2D eigenvalue weighted by Gasteiger charge is -2.18. The van der Waals surface area contributed by atoms with E-state index in [-0.39, 0.29) is 11.9 Å². The number of esters is 1. The van der Waals surface area contributed by atoms with Crippen molar-refractivity contribution in [2.24, 2.45) is 5.92 Å². The third kappa shape index (κ3) is 3.56. The Hall–Kier alpha value is -0.970. The van der Waals surface area contributed by atoms with Gasteiger partial charge in [0.1, 0.15) is 0 Å². The molecule has 0 saturated carbocycles. The smallest absolute Gasteiger partial charge is 0.333 e. The van der Waals surface area contributed by atoms with Gasteiger partial charge in [-0.1, -0.05) is 25.6 Å². The molecule has 0 bridgehead atoms. The van der Waals surface area contributed by atoms with E-state index in [1.54, 1.807) is 11.8 Å². The van der Waals surface area contributed by atoms with E-state index in [9.17, 15) is 9.59 Å². The first-order valence-corrected chi connectivity index (χ1v) is 6.34. The van der Waals surface area contributed by atoms with Gasteiger partial charge in [0.05, 0.1) is 23.5 Å². The molecule has 0 unspecified atom stereocenters. The number of ether oxygens (including phenoxy) is 1. The largest absolute Gasteiger partial charge is 0.463 e. The van der Waals surface area contributed by atoms with Crippen LogP contribution in [0.2, 0.25) is 0 Å². The average molecular weight is 243 g/mol. The van der Waals surface area contributed by atoms with Crippen molar-refractivity contribution in [2.45, 2.75) is 20.8 Å². The summed E-state index contributed by atoms with van der Waals surface area (Å²) in [5, 5.41) is 0.706. The van der Waals surface area contributed by atoms with Crippen molar-refractivity contribution in [3.63, 3.8) is 0 Å². The molecule has 1 heterocycles. The minimum absolute atomic E-state index is 0.0641. The molecule has 1 aliphatic rings. The highest BCUT2D eigenvalue weighted by Gasteiger charge is 2.27. The highest BCUT2D eigenvalue weighted by Crippen LogP contribution is 2.29. The lowest BCUT2D eigenvalue weighted by atomic mass is 10.2. The second kappa shape index (κ2) is 5.94. The second-order valence-corrected chi connectivity index (χ2v) is 4.92. The Labute approximate surface area is 100 Å². The molecule has 1 rings (SSSR count). The van der Waals surface area contributed by atoms with Crippen molar-refractivity contribution in [1.82, 2.24) is 4.90 Å². The summed E-state index contributed by atoms with van der Waals surface area (Å²) in [7, 11) is 0. The van der Waals surface area contributed by atoms with Crippen LogP contribution < -0.4 is 0 Å². The molecule has 1 fully saturated rings. The zero-order chi connectivity index (χ0) is 12.1. The Morgan fingerprint density at radius 3 is 2.88 bits per heavy atom. The predicted octanol–water partition coefficient (Wildman–Crippen LogP) is 1.62. The Bertz CT molecular complexity index is 312. The van der Waals surface area contributed by atoms with Gasteiger partial charge in [-0.25, -0.2) is 4.79 Å². The van der Waals surface area contributed by atoms with Crippen LogP contribution in [0.15, 0.2) is 11.1 Å². The third-order valence-electron chi connectivity index (χ3n) is 1.99. The van der Waals surface area contributed by atoms with E-state index >= 15 is 0 Å². The molecule has 5 heteroatoms. The lowest BCUT2D eigenvalue weighted by Crippen LogP contribution is -2.28. The van der Waals surface area contributed by atoms with Crippen molar-refractivity contribution in [2.75, 3.05) is 18.9 Å². The van der Waals surface area contributed by atoms with Crippen LogP contribution in [0.25, 0.3) is 0 Å². The van der Waals surface area contributed by atoms with Gasteiger partial charge in [0.15, 0.2) is 0 Å². The Morgan fingerprint density at radius 1 is 1.62 bits per heavy atom. The Balaban J connectivity index is 2.71. The number of carbonyl (C=O) groups excluding carboxylic acids is 2. The molecule has 0 spiro atoms. The summed E-state index contributed by atoms with van der Waals surface area (Å²) in [4.78, 5) is 24.5. The zero-order valence-corrected chi connectivity index (χ0v) is 10.7. The van der Waals surface area contributed by atoms with Crippen LogP contribution in [-0.4, -0.2) is 35.7 Å². The molecular weight excluding hydrogens is 226 g/mol. The maximum Gasteiger partial charge on any atom is 0.333 e. The predicted molar refractivity (Wildman–Crippen MR) is 63.7 cm³/mol. The van der Waals surface area contributed by atoms with Crippen LogP contribution in [0.1, 0.15) is 20.8 Å². The number of thioether (sulfide) groups is 1. The van der Waals surface area contributed by atoms with Gasteiger partial charge < -0.3 is 9.64 Å². The van der Waals surface area contributed by atoms with Crippen molar-refractivity contribution in [1.29, 1.82) is 0 Å². The first kappa shape index (κ1) is 13.1. The van der Waals surface area contributed by atoms with E-state index in [1.165, 1.54) is 17.8 Å². The van der Waals surface area contributed by atoms with E-state index in [2.05, 4.69) is 0 Å². The maximum atomic E-state index is 11.6. The molecule has 1 amide bonds. The molecular formula is C11H17NO3S. The van der Waals surface area contributed by atoms with Crippen LogP contribution in [0, 0.1) is 5.92 Å². The Kier molecular flexibility index (Phi) is 4.86. The summed E-state index contributed by atoms with van der Waals surface area (Å²) in [6.45, 7) is 6.84. The number of amides is 1. The van der Waals surface area contributed by atoms with E-state index < -0.39 is 0 Å². The normalized spacial score (nSPS) is 18.6. The van der Waals surface area contributed by atoms with Crippen LogP contribution in [0.4, 0.5) is 0 Å². The van der Waals surface area contributed by atoms with Crippen LogP contribution in [-0.2, 0) is 14.3 Å². The molecule has 4 nitrogen and oxygen atoms in total. The molecule has 16 heavy (non-hydrogen) atoms.